The second kappa shape index (κ2) is 9.65. The lowest BCUT2D eigenvalue weighted by molar-refractivity contribution is -0.118. The zero-order valence-corrected chi connectivity index (χ0v) is 16.8. The van der Waals surface area contributed by atoms with Crippen molar-refractivity contribution in [2.24, 2.45) is 0 Å². The number of thiol groups is 1. The first-order chi connectivity index (χ1) is 14.0. The number of nitrogens with one attached hydrogen (secondary N) is 1. The number of halogens is 1. The van der Waals surface area contributed by atoms with Gasteiger partial charge in [0.1, 0.15) is 11.9 Å². The molecule has 7 nitrogen and oxygen atoms in total. The number of benzene rings is 1. The monoisotopic (exact) mass is 418 g/mol. The average molecular weight is 418 g/mol. The molecule has 0 radical (unpaired) electrons. The van der Waals surface area contributed by atoms with Crippen LogP contribution in [0.1, 0.15) is 19.3 Å². The molecule has 2 heterocycles. The van der Waals surface area contributed by atoms with Crippen LogP contribution in [-0.4, -0.2) is 50.0 Å². The van der Waals surface area contributed by atoms with Crippen molar-refractivity contribution in [2.45, 2.75) is 25.4 Å². The molecular weight excluding hydrogens is 395 g/mol. The number of amides is 2. The van der Waals surface area contributed by atoms with Crippen LogP contribution < -0.4 is 15.1 Å². The van der Waals surface area contributed by atoms with Gasteiger partial charge in [-0.25, -0.2) is 9.18 Å². The molecule has 2 fully saturated rings. The third-order valence-corrected chi connectivity index (χ3v) is 5.30. The van der Waals surface area contributed by atoms with Gasteiger partial charge in [-0.1, -0.05) is 11.6 Å². The predicted octanol–water partition coefficient (Wildman–Crippen LogP) is 2.64. The summed E-state index contributed by atoms with van der Waals surface area (Å²) in [5, 5.41) is 11.3. The van der Waals surface area contributed by atoms with E-state index >= 15 is 0 Å². The summed E-state index contributed by atoms with van der Waals surface area (Å²) in [4.78, 5) is 26.8. The number of allylic oxidation sites excluding steroid dienone is 1. The van der Waals surface area contributed by atoms with Crippen LogP contribution in [0.2, 0.25) is 0 Å². The standard InChI is InChI=1S/C20H23FN4O3S/c21-17-10-15(25-12-16(28-20(25)27)11-23-19(26)13-29)3-4-18(17)24-8-5-14(6-9-24)2-1-7-22/h2-4,10,16,29H,1,5-6,8-9,11-13H2,(H,23,26). The highest BCUT2D eigenvalue weighted by atomic mass is 32.1. The van der Waals surface area contributed by atoms with E-state index < -0.39 is 18.0 Å². The molecule has 1 aromatic carbocycles. The van der Waals surface area contributed by atoms with Gasteiger partial charge in [0.2, 0.25) is 5.91 Å². The molecule has 0 bridgehead atoms. The topological polar surface area (TPSA) is 85.7 Å². The van der Waals surface area contributed by atoms with Crippen molar-refractivity contribution in [3.63, 3.8) is 0 Å². The minimum atomic E-state index is -0.562. The highest BCUT2D eigenvalue weighted by Gasteiger charge is 2.33. The van der Waals surface area contributed by atoms with Crippen LogP contribution >= 0.6 is 12.6 Å². The van der Waals surface area contributed by atoms with Crippen molar-refractivity contribution in [2.75, 3.05) is 41.7 Å². The smallest absolute Gasteiger partial charge is 0.414 e. The van der Waals surface area contributed by atoms with Crippen LogP contribution in [0.5, 0.6) is 0 Å². The van der Waals surface area contributed by atoms with E-state index in [-0.39, 0.29) is 24.7 Å². The van der Waals surface area contributed by atoms with Gasteiger partial charge in [0, 0.05) is 13.1 Å². The maximum atomic E-state index is 14.8. The SMILES string of the molecule is N#CCC=C1CCN(c2ccc(N3CC(CNC(=O)CS)OC3=O)cc2F)CC1. The van der Waals surface area contributed by atoms with Gasteiger partial charge >= 0.3 is 6.09 Å². The van der Waals surface area contributed by atoms with Crippen molar-refractivity contribution < 1.29 is 18.7 Å². The minimum absolute atomic E-state index is 0.0587. The highest BCUT2D eigenvalue weighted by molar-refractivity contribution is 7.81. The summed E-state index contributed by atoms with van der Waals surface area (Å²) in [7, 11) is 0. The van der Waals surface area contributed by atoms with E-state index in [0.29, 0.717) is 30.9 Å². The normalized spacial score (nSPS) is 19.0. The highest BCUT2D eigenvalue weighted by Crippen LogP contribution is 2.30. The number of hydrogen-bond acceptors (Lipinski definition) is 6. The Morgan fingerprint density at radius 3 is 2.83 bits per heavy atom. The summed E-state index contributed by atoms with van der Waals surface area (Å²) in [6, 6.07) is 6.83. The van der Waals surface area contributed by atoms with Gasteiger partial charge in [-0.05, 0) is 31.0 Å². The quantitative estimate of drug-likeness (QED) is 0.548. The lowest BCUT2D eigenvalue weighted by Gasteiger charge is -2.31. The van der Waals surface area contributed by atoms with Gasteiger partial charge in [0.15, 0.2) is 0 Å². The Morgan fingerprint density at radius 2 is 2.17 bits per heavy atom. The van der Waals surface area contributed by atoms with Crippen LogP contribution in [0.25, 0.3) is 0 Å². The molecule has 1 atom stereocenters. The number of rotatable bonds is 6. The molecule has 1 N–H and O–H groups in total. The van der Waals surface area contributed by atoms with Gasteiger partial charge in [-0.2, -0.15) is 17.9 Å². The maximum Gasteiger partial charge on any atom is 0.414 e. The Morgan fingerprint density at radius 1 is 1.41 bits per heavy atom. The fraction of sp³-hybridized carbons (Fsp3) is 0.450. The second-order valence-electron chi connectivity index (χ2n) is 6.93. The lowest BCUT2D eigenvalue weighted by Crippen LogP contribution is -2.35. The number of nitrogens with zero attached hydrogens (tertiary/aromatic N) is 3. The van der Waals surface area contributed by atoms with Crippen molar-refractivity contribution in [1.82, 2.24) is 5.32 Å². The van der Waals surface area contributed by atoms with E-state index in [2.05, 4.69) is 24.0 Å². The van der Waals surface area contributed by atoms with Crippen LogP contribution in [0.3, 0.4) is 0 Å². The summed E-state index contributed by atoms with van der Waals surface area (Å²) in [6.45, 7) is 1.80. The molecular formula is C20H23FN4O3S. The Hall–Kier alpha value is -2.73. The Balaban J connectivity index is 1.62. The number of anilines is 2. The number of carbonyl (C=O) groups excluding carboxylic acids is 2. The molecule has 3 rings (SSSR count). The number of ether oxygens (including phenoxy) is 1. The molecule has 0 saturated carbocycles. The molecule has 2 aliphatic heterocycles. The van der Waals surface area contributed by atoms with Gasteiger partial charge in [-0.3, -0.25) is 9.69 Å². The largest absolute Gasteiger partial charge is 0.442 e. The van der Waals surface area contributed by atoms with E-state index in [1.54, 1.807) is 12.1 Å². The summed E-state index contributed by atoms with van der Waals surface area (Å²) in [5.41, 5.74) is 2.15. The minimum Gasteiger partial charge on any atom is -0.442 e. The number of cyclic esters (lactones) is 1. The molecule has 154 valence electrons. The Kier molecular flexibility index (Phi) is 6.99. The van der Waals surface area contributed by atoms with Crippen LogP contribution in [0.4, 0.5) is 20.6 Å². The van der Waals surface area contributed by atoms with Crippen LogP contribution in [0.15, 0.2) is 29.8 Å². The fourth-order valence-corrected chi connectivity index (χ4v) is 3.58. The van der Waals surface area contributed by atoms with E-state index in [4.69, 9.17) is 10.00 Å². The molecule has 9 heteroatoms. The average Bonchev–Trinajstić information content (AvgIpc) is 3.11. The molecule has 2 aliphatic rings. The molecule has 2 amide bonds. The lowest BCUT2D eigenvalue weighted by atomic mass is 10.0. The first-order valence-electron chi connectivity index (χ1n) is 9.47. The number of hydrogen-bond donors (Lipinski definition) is 2. The Labute approximate surface area is 174 Å². The molecule has 0 aliphatic carbocycles. The van der Waals surface area contributed by atoms with E-state index in [1.165, 1.54) is 16.5 Å². The molecule has 2 saturated heterocycles. The summed E-state index contributed by atoms with van der Waals surface area (Å²) < 4.78 is 20.0. The van der Waals surface area contributed by atoms with Crippen molar-refractivity contribution >= 4 is 36.0 Å². The Bertz CT molecular complexity index is 845. The zero-order valence-electron chi connectivity index (χ0n) is 15.9. The van der Waals surface area contributed by atoms with Crippen LogP contribution in [0, 0.1) is 17.1 Å². The number of nitriles is 1. The van der Waals surface area contributed by atoms with E-state index in [1.807, 2.05) is 11.0 Å². The number of carbonyl (C=O) groups is 2. The maximum absolute atomic E-state index is 14.8. The summed E-state index contributed by atoms with van der Waals surface area (Å²) >= 11 is 3.88. The van der Waals surface area contributed by atoms with Gasteiger partial charge in [-0.15, -0.1) is 0 Å². The fourth-order valence-electron chi connectivity index (χ4n) is 3.47. The van der Waals surface area contributed by atoms with E-state index in [0.717, 1.165) is 12.8 Å². The van der Waals surface area contributed by atoms with Crippen molar-refractivity contribution in [3.8, 4) is 6.07 Å². The van der Waals surface area contributed by atoms with Gasteiger partial charge in [0.25, 0.3) is 0 Å². The number of piperidine rings is 1. The van der Waals surface area contributed by atoms with Gasteiger partial charge < -0.3 is 15.0 Å². The third kappa shape index (κ3) is 5.21. The summed E-state index contributed by atoms with van der Waals surface area (Å²) in [6.07, 6.45) is 2.92. The summed E-state index contributed by atoms with van der Waals surface area (Å²) in [5.74, 6) is -0.583. The second-order valence-corrected chi connectivity index (χ2v) is 7.24. The van der Waals surface area contributed by atoms with Crippen molar-refractivity contribution in [3.05, 3.63) is 35.7 Å². The third-order valence-electron chi connectivity index (χ3n) is 5.02. The molecule has 1 unspecified atom stereocenters. The molecule has 0 spiro atoms. The molecule has 0 aromatic heterocycles. The van der Waals surface area contributed by atoms with Crippen molar-refractivity contribution in [1.29, 1.82) is 5.26 Å². The predicted molar refractivity (Wildman–Crippen MR) is 111 cm³/mol. The van der Waals surface area contributed by atoms with Crippen LogP contribution in [-0.2, 0) is 9.53 Å². The first-order valence-corrected chi connectivity index (χ1v) is 10.1. The zero-order chi connectivity index (χ0) is 20.8. The molecule has 29 heavy (non-hydrogen) atoms. The van der Waals surface area contributed by atoms with E-state index in [9.17, 15) is 14.0 Å². The molecule has 1 aromatic rings. The van der Waals surface area contributed by atoms with Gasteiger partial charge in [0.05, 0.1) is 42.7 Å². The first kappa shape index (κ1) is 21.0.